The van der Waals surface area contributed by atoms with E-state index in [2.05, 4.69) is 10.0 Å². The van der Waals surface area contributed by atoms with Gasteiger partial charge < -0.3 is 15.2 Å². The standard InChI is InChI=1S/C23H22N2O6S/c26-22(25-19-10-8-18(9-11-19)23(27)28)16-31-20-12-6-17(7-13-20)14-15-24-32(29,30)21-4-2-1-3-5-21/h1-13,24H,14-16H2,(H,25,26)(H,27,28). The van der Waals surface area contributed by atoms with Gasteiger partial charge in [-0.2, -0.15) is 0 Å². The van der Waals surface area contributed by atoms with Gasteiger partial charge in [0.2, 0.25) is 10.0 Å². The van der Waals surface area contributed by atoms with Gasteiger partial charge in [-0.05, 0) is 60.5 Å². The first-order valence-electron chi connectivity index (χ1n) is 9.73. The molecule has 0 spiro atoms. The molecule has 3 rings (SSSR count). The summed E-state index contributed by atoms with van der Waals surface area (Å²) in [6, 6.07) is 21.0. The zero-order valence-electron chi connectivity index (χ0n) is 17.0. The van der Waals surface area contributed by atoms with E-state index in [4.69, 9.17) is 9.84 Å². The third-order valence-corrected chi connectivity index (χ3v) is 5.95. The number of rotatable bonds is 10. The Morgan fingerprint density at radius 3 is 2.16 bits per heavy atom. The van der Waals surface area contributed by atoms with Gasteiger partial charge in [0.1, 0.15) is 5.75 Å². The number of carboxylic acids is 1. The molecule has 8 nitrogen and oxygen atoms in total. The fourth-order valence-electron chi connectivity index (χ4n) is 2.81. The van der Waals surface area contributed by atoms with Crippen LogP contribution in [0.3, 0.4) is 0 Å². The smallest absolute Gasteiger partial charge is 0.335 e. The summed E-state index contributed by atoms with van der Waals surface area (Å²) in [4.78, 5) is 23.1. The molecule has 3 aromatic carbocycles. The first-order valence-corrected chi connectivity index (χ1v) is 11.2. The molecule has 0 saturated carbocycles. The van der Waals surface area contributed by atoms with Crippen molar-refractivity contribution in [2.75, 3.05) is 18.5 Å². The first kappa shape index (κ1) is 23.0. The van der Waals surface area contributed by atoms with E-state index in [-0.39, 0.29) is 29.5 Å². The zero-order valence-corrected chi connectivity index (χ0v) is 17.8. The van der Waals surface area contributed by atoms with Crippen LogP contribution in [0.4, 0.5) is 5.69 Å². The largest absolute Gasteiger partial charge is 0.484 e. The van der Waals surface area contributed by atoms with Crippen LogP contribution < -0.4 is 14.8 Å². The second-order valence-electron chi connectivity index (χ2n) is 6.82. The lowest BCUT2D eigenvalue weighted by Crippen LogP contribution is -2.25. The number of benzene rings is 3. The van der Waals surface area contributed by atoms with Crippen molar-refractivity contribution in [1.82, 2.24) is 4.72 Å². The maximum atomic E-state index is 12.2. The van der Waals surface area contributed by atoms with E-state index in [1.165, 1.54) is 36.4 Å². The van der Waals surface area contributed by atoms with E-state index >= 15 is 0 Å². The van der Waals surface area contributed by atoms with Crippen LogP contribution in [0.25, 0.3) is 0 Å². The van der Waals surface area contributed by atoms with E-state index in [9.17, 15) is 18.0 Å². The number of anilines is 1. The molecule has 3 aromatic rings. The van der Waals surface area contributed by atoms with Crippen molar-refractivity contribution in [2.45, 2.75) is 11.3 Å². The van der Waals surface area contributed by atoms with Crippen LogP contribution in [0.5, 0.6) is 5.75 Å². The highest BCUT2D eigenvalue weighted by molar-refractivity contribution is 7.89. The van der Waals surface area contributed by atoms with Crippen molar-refractivity contribution in [2.24, 2.45) is 0 Å². The maximum absolute atomic E-state index is 12.2. The molecule has 0 heterocycles. The van der Waals surface area contributed by atoms with Gasteiger partial charge in [0.25, 0.3) is 5.91 Å². The van der Waals surface area contributed by atoms with Crippen LogP contribution in [0.1, 0.15) is 15.9 Å². The SMILES string of the molecule is O=C(COc1ccc(CCNS(=O)(=O)c2ccccc2)cc1)Nc1ccc(C(=O)O)cc1. The average molecular weight is 455 g/mol. The molecule has 0 aromatic heterocycles. The predicted octanol–water partition coefficient (Wildman–Crippen LogP) is 2.92. The summed E-state index contributed by atoms with van der Waals surface area (Å²) < 4.78 is 32.4. The topological polar surface area (TPSA) is 122 Å². The molecule has 0 bridgehead atoms. The average Bonchev–Trinajstić information content (AvgIpc) is 2.79. The summed E-state index contributed by atoms with van der Waals surface area (Å²) in [6.45, 7) is 0.0391. The van der Waals surface area contributed by atoms with E-state index in [0.717, 1.165) is 5.56 Å². The molecule has 0 radical (unpaired) electrons. The number of sulfonamides is 1. The van der Waals surface area contributed by atoms with Crippen molar-refractivity contribution < 1.29 is 27.9 Å². The van der Waals surface area contributed by atoms with Gasteiger partial charge in [0.15, 0.2) is 6.61 Å². The third-order valence-electron chi connectivity index (χ3n) is 4.47. The normalized spacial score (nSPS) is 11.0. The Labute approximate surface area is 185 Å². The summed E-state index contributed by atoms with van der Waals surface area (Å²) in [6.07, 6.45) is 0.499. The Bertz CT molecular complexity index is 1160. The molecule has 0 aliphatic heterocycles. The number of amides is 1. The molecule has 0 unspecified atom stereocenters. The number of carbonyl (C=O) groups is 2. The number of ether oxygens (including phenoxy) is 1. The van der Waals surface area contributed by atoms with Gasteiger partial charge >= 0.3 is 5.97 Å². The van der Waals surface area contributed by atoms with Crippen LogP contribution in [-0.4, -0.2) is 38.6 Å². The number of nitrogens with one attached hydrogen (secondary N) is 2. The summed E-state index contributed by atoms with van der Waals surface area (Å²) in [7, 11) is -3.54. The Kier molecular flexibility index (Phi) is 7.58. The second-order valence-corrected chi connectivity index (χ2v) is 8.59. The van der Waals surface area contributed by atoms with E-state index in [1.807, 2.05) is 0 Å². The van der Waals surface area contributed by atoms with Crippen LogP contribution in [0.15, 0.2) is 83.8 Å². The van der Waals surface area contributed by atoms with Crippen LogP contribution in [0.2, 0.25) is 0 Å². The molecule has 166 valence electrons. The molecule has 0 fully saturated rings. The summed E-state index contributed by atoms with van der Waals surface area (Å²) in [5.74, 6) is -0.925. The lowest BCUT2D eigenvalue weighted by atomic mass is 10.1. The fourth-order valence-corrected chi connectivity index (χ4v) is 3.86. The number of carbonyl (C=O) groups excluding carboxylic acids is 1. The molecule has 32 heavy (non-hydrogen) atoms. The molecular weight excluding hydrogens is 432 g/mol. The molecule has 3 N–H and O–H groups in total. The van der Waals surface area contributed by atoms with Gasteiger partial charge in [-0.1, -0.05) is 30.3 Å². The van der Waals surface area contributed by atoms with Crippen LogP contribution in [0, 0.1) is 0 Å². The fraction of sp³-hybridized carbons (Fsp3) is 0.130. The minimum absolute atomic E-state index is 0.132. The van der Waals surface area contributed by atoms with Crippen LogP contribution in [-0.2, 0) is 21.2 Å². The number of carboxylic acid groups (broad SMARTS) is 1. The molecule has 0 saturated heterocycles. The Morgan fingerprint density at radius 2 is 1.53 bits per heavy atom. The van der Waals surface area contributed by atoms with Crippen molar-refractivity contribution in [3.8, 4) is 5.75 Å². The molecular formula is C23H22N2O6S. The highest BCUT2D eigenvalue weighted by atomic mass is 32.2. The van der Waals surface area contributed by atoms with Gasteiger partial charge in [-0.3, -0.25) is 4.79 Å². The quantitative estimate of drug-likeness (QED) is 0.433. The monoisotopic (exact) mass is 454 g/mol. The van der Waals surface area contributed by atoms with Crippen LogP contribution >= 0.6 is 0 Å². The van der Waals surface area contributed by atoms with Gasteiger partial charge in [-0.25, -0.2) is 17.9 Å². The lowest BCUT2D eigenvalue weighted by Gasteiger charge is -2.09. The number of hydrogen-bond acceptors (Lipinski definition) is 5. The highest BCUT2D eigenvalue weighted by Gasteiger charge is 2.12. The van der Waals surface area contributed by atoms with E-state index < -0.39 is 16.0 Å². The Hall–Kier alpha value is -3.69. The van der Waals surface area contributed by atoms with Crippen molar-refractivity contribution in [3.63, 3.8) is 0 Å². The summed E-state index contributed by atoms with van der Waals surface area (Å²) in [5.41, 5.74) is 1.51. The second kappa shape index (κ2) is 10.6. The number of hydrogen-bond donors (Lipinski definition) is 3. The zero-order chi connectivity index (χ0) is 23.0. The summed E-state index contributed by atoms with van der Waals surface area (Å²) in [5, 5.41) is 11.5. The minimum atomic E-state index is -3.54. The van der Waals surface area contributed by atoms with Gasteiger partial charge in [-0.15, -0.1) is 0 Å². The molecule has 0 aliphatic rings. The van der Waals surface area contributed by atoms with Gasteiger partial charge in [0.05, 0.1) is 10.5 Å². The molecule has 0 aliphatic carbocycles. The van der Waals surface area contributed by atoms with Crippen molar-refractivity contribution in [1.29, 1.82) is 0 Å². The molecule has 0 atom stereocenters. The summed E-state index contributed by atoms with van der Waals surface area (Å²) >= 11 is 0. The van der Waals surface area contributed by atoms with Crippen molar-refractivity contribution >= 4 is 27.6 Å². The Balaban J connectivity index is 1.43. The Morgan fingerprint density at radius 1 is 0.875 bits per heavy atom. The number of aromatic carboxylic acids is 1. The third kappa shape index (κ3) is 6.66. The molecule has 1 amide bonds. The van der Waals surface area contributed by atoms with Crippen molar-refractivity contribution in [3.05, 3.63) is 90.0 Å². The minimum Gasteiger partial charge on any atom is -0.484 e. The maximum Gasteiger partial charge on any atom is 0.335 e. The van der Waals surface area contributed by atoms with Gasteiger partial charge in [0, 0.05) is 12.2 Å². The molecule has 9 heteroatoms. The van der Waals surface area contributed by atoms with E-state index in [1.54, 1.807) is 42.5 Å². The lowest BCUT2D eigenvalue weighted by molar-refractivity contribution is -0.118. The highest BCUT2D eigenvalue weighted by Crippen LogP contribution is 2.14. The van der Waals surface area contributed by atoms with E-state index in [0.29, 0.717) is 17.9 Å². The predicted molar refractivity (Wildman–Crippen MR) is 119 cm³/mol. The first-order chi connectivity index (χ1) is 15.3.